The van der Waals surface area contributed by atoms with Crippen LogP contribution in [-0.2, 0) is 12.8 Å². The van der Waals surface area contributed by atoms with Gasteiger partial charge in [-0.15, -0.1) is 11.3 Å². The normalized spacial score (nSPS) is 16.1. The van der Waals surface area contributed by atoms with E-state index in [2.05, 4.69) is 17.2 Å². The molecule has 0 radical (unpaired) electrons. The minimum Gasteiger partial charge on any atom is -0.506 e. The minimum atomic E-state index is -0.645. The van der Waals surface area contributed by atoms with E-state index in [1.807, 2.05) is 0 Å². The van der Waals surface area contributed by atoms with Crippen molar-refractivity contribution in [3.05, 3.63) is 50.6 Å². The van der Waals surface area contributed by atoms with Gasteiger partial charge >= 0.3 is 0 Å². The highest BCUT2D eigenvalue weighted by atomic mass is 32.1. The van der Waals surface area contributed by atoms with Gasteiger partial charge in [-0.3, -0.25) is 9.59 Å². The Morgan fingerprint density at radius 1 is 1.41 bits per heavy atom. The number of carbonyl (C=O) groups is 1. The lowest BCUT2D eigenvalue weighted by atomic mass is 9.89. The number of amides is 1. The van der Waals surface area contributed by atoms with Gasteiger partial charge in [-0.1, -0.05) is 13.0 Å². The van der Waals surface area contributed by atoms with Gasteiger partial charge in [0.25, 0.3) is 11.5 Å². The number of carbonyl (C=O) groups excluding carboxylic acids is 1. The van der Waals surface area contributed by atoms with Gasteiger partial charge in [0.05, 0.1) is 12.5 Å². The maximum absolute atomic E-state index is 12.7. The molecule has 2 aromatic heterocycles. The van der Waals surface area contributed by atoms with E-state index in [1.54, 1.807) is 24.3 Å². The molecular weight excluding hydrogens is 364 g/mol. The van der Waals surface area contributed by atoms with Gasteiger partial charge in [0.1, 0.15) is 21.9 Å². The Labute approximate surface area is 159 Å². The zero-order valence-electron chi connectivity index (χ0n) is 15.1. The number of aromatic hydroxyl groups is 1. The van der Waals surface area contributed by atoms with Gasteiger partial charge in [0.15, 0.2) is 0 Å². The van der Waals surface area contributed by atoms with Gasteiger partial charge in [-0.2, -0.15) is 0 Å². The molecule has 0 bridgehead atoms. The molecule has 3 aromatic rings. The van der Waals surface area contributed by atoms with Crippen molar-refractivity contribution in [1.82, 2.24) is 4.98 Å². The molecule has 0 aliphatic heterocycles. The quantitative estimate of drug-likeness (QED) is 0.642. The van der Waals surface area contributed by atoms with E-state index in [-0.39, 0.29) is 11.3 Å². The molecule has 27 heavy (non-hydrogen) atoms. The number of aryl methyl sites for hydroxylation is 1. The molecular formula is C20H20N2O4S. The van der Waals surface area contributed by atoms with E-state index in [9.17, 15) is 14.7 Å². The highest BCUT2D eigenvalue weighted by Crippen LogP contribution is 2.41. The summed E-state index contributed by atoms with van der Waals surface area (Å²) >= 11 is 1.50. The van der Waals surface area contributed by atoms with Gasteiger partial charge < -0.3 is 20.1 Å². The minimum absolute atomic E-state index is 0.235. The number of nitrogens with one attached hydrogen (secondary N) is 2. The van der Waals surface area contributed by atoms with Crippen molar-refractivity contribution in [3.63, 3.8) is 0 Å². The monoisotopic (exact) mass is 384 g/mol. The van der Waals surface area contributed by atoms with Crippen LogP contribution in [0.5, 0.6) is 11.5 Å². The lowest BCUT2D eigenvalue weighted by Crippen LogP contribution is -2.23. The van der Waals surface area contributed by atoms with Crippen LogP contribution < -0.4 is 15.6 Å². The first-order valence-corrected chi connectivity index (χ1v) is 9.64. The number of thiophene rings is 1. The summed E-state index contributed by atoms with van der Waals surface area (Å²) in [5.74, 6) is 0.284. The van der Waals surface area contributed by atoms with Crippen molar-refractivity contribution in [1.29, 1.82) is 0 Å². The van der Waals surface area contributed by atoms with Gasteiger partial charge in [0.2, 0.25) is 0 Å². The van der Waals surface area contributed by atoms with Crippen molar-refractivity contribution in [3.8, 4) is 11.5 Å². The first-order chi connectivity index (χ1) is 13.0. The maximum atomic E-state index is 12.7. The molecule has 4 rings (SSSR count). The van der Waals surface area contributed by atoms with Crippen molar-refractivity contribution < 1.29 is 14.6 Å². The molecule has 1 atom stereocenters. The van der Waals surface area contributed by atoms with Crippen molar-refractivity contribution >= 4 is 33.1 Å². The average molecular weight is 384 g/mol. The van der Waals surface area contributed by atoms with Crippen molar-refractivity contribution in [2.24, 2.45) is 5.92 Å². The summed E-state index contributed by atoms with van der Waals surface area (Å²) in [4.78, 5) is 29.8. The first kappa shape index (κ1) is 17.6. The highest BCUT2D eigenvalue weighted by Gasteiger charge is 2.27. The second-order valence-corrected chi connectivity index (χ2v) is 8.02. The predicted molar refractivity (Wildman–Crippen MR) is 106 cm³/mol. The molecule has 7 heteroatoms. The highest BCUT2D eigenvalue weighted by molar-refractivity contribution is 7.18. The molecule has 0 saturated heterocycles. The Morgan fingerprint density at radius 3 is 3.00 bits per heavy atom. The van der Waals surface area contributed by atoms with Crippen LogP contribution in [0.1, 0.15) is 34.1 Å². The summed E-state index contributed by atoms with van der Waals surface area (Å²) in [6.07, 6.45) is 2.80. The number of aromatic amines is 1. The van der Waals surface area contributed by atoms with Gasteiger partial charge in [-0.25, -0.2) is 0 Å². The van der Waals surface area contributed by atoms with E-state index in [1.165, 1.54) is 23.3 Å². The Balaban J connectivity index is 1.77. The molecule has 6 nitrogen and oxygen atoms in total. The molecule has 1 aromatic carbocycles. The van der Waals surface area contributed by atoms with E-state index < -0.39 is 11.5 Å². The van der Waals surface area contributed by atoms with Crippen LogP contribution in [0, 0.1) is 5.92 Å². The summed E-state index contributed by atoms with van der Waals surface area (Å²) in [7, 11) is 1.53. The summed E-state index contributed by atoms with van der Waals surface area (Å²) in [6, 6.07) is 6.83. The average Bonchev–Trinajstić information content (AvgIpc) is 2.98. The SMILES string of the molecule is COc1cccc(NC(=O)c2c(O)c3c4c(sc3[nH]c2=O)C[C@@H](C)CC4)c1. The third-order valence-corrected chi connectivity index (χ3v) is 6.16. The Kier molecular flexibility index (Phi) is 4.39. The van der Waals surface area contributed by atoms with Gasteiger partial charge in [0, 0.05) is 16.6 Å². The van der Waals surface area contributed by atoms with Crippen LogP contribution in [0.4, 0.5) is 5.69 Å². The number of ether oxygens (including phenoxy) is 1. The van der Waals surface area contributed by atoms with E-state index >= 15 is 0 Å². The molecule has 0 fully saturated rings. The number of fused-ring (bicyclic) bond motifs is 3. The van der Waals surface area contributed by atoms with Crippen molar-refractivity contribution in [2.45, 2.75) is 26.2 Å². The largest absolute Gasteiger partial charge is 0.506 e. The van der Waals surface area contributed by atoms with E-state index in [0.29, 0.717) is 27.6 Å². The zero-order chi connectivity index (χ0) is 19.1. The van der Waals surface area contributed by atoms with E-state index in [0.717, 1.165) is 24.8 Å². The molecule has 140 valence electrons. The molecule has 1 aliphatic rings. The first-order valence-electron chi connectivity index (χ1n) is 8.82. The summed E-state index contributed by atoms with van der Waals surface area (Å²) < 4.78 is 5.14. The molecule has 1 aliphatic carbocycles. The Bertz CT molecular complexity index is 1100. The van der Waals surface area contributed by atoms with Crippen LogP contribution in [0.15, 0.2) is 29.1 Å². The van der Waals surface area contributed by atoms with Crippen LogP contribution in [-0.4, -0.2) is 23.1 Å². The Morgan fingerprint density at radius 2 is 2.22 bits per heavy atom. The molecule has 0 unspecified atom stereocenters. The zero-order valence-corrected chi connectivity index (χ0v) is 15.9. The number of hydrogen-bond acceptors (Lipinski definition) is 5. The standard InChI is InChI=1S/C20H20N2O4S/c1-10-6-7-13-14(8-10)27-20-15(13)17(23)16(19(25)22-20)18(24)21-11-4-3-5-12(9-11)26-2/h3-5,9-10H,6-8H2,1-2H3,(H,21,24)(H2,22,23,25)/t10-/m0/s1. The summed E-state index contributed by atoms with van der Waals surface area (Å²) in [5, 5.41) is 14.1. The topological polar surface area (TPSA) is 91.4 Å². The lowest BCUT2D eigenvalue weighted by molar-refractivity contribution is 0.102. The van der Waals surface area contributed by atoms with Crippen LogP contribution in [0.3, 0.4) is 0 Å². The third kappa shape index (κ3) is 3.08. The number of hydrogen-bond donors (Lipinski definition) is 3. The van der Waals surface area contributed by atoms with Crippen LogP contribution in [0.25, 0.3) is 10.2 Å². The number of methoxy groups -OCH3 is 1. The molecule has 0 saturated carbocycles. The van der Waals surface area contributed by atoms with Crippen molar-refractivity contribution in [2.75, 3.05) is 12.4 Å². The number of anilines is 1. The number of benzene rings is 1. The molecule has 0 spiro atoms. The molecule has 1 amide bonds. The van der Waals surface area contributed by atoms with E-state index in [4.69, 9.17) is 4.74 Å². The van der Waals surface area contributed by atoms with Crippen LogP contribution >= 0.6 is 11.3 Å². The summed E-state index contributed by atoms with van der Waals surface area (Å²) in [6.45, 7) is 2.20. The Hall–Kier alpha value is -2.80. The second kappa shape index (κ2) is 6.74. The van der Waals surface area contributed by atoms with Crippen LogP contribution in [0.2, 0.25) is 0 Å². The number of aromatic nitrogens is 1. The smallest absolute Gasteiger partial charge is 0.265 e. The third-order valence-electron chi connectivity index (χ3n) is 4.99. The number of pyridine rings is 1. The van der Waals surface area contributed by atoms with Gasteiger partial charge in [-0.05, 0) is 42.9 Å². The number of rotatable bonds is 3. The maximum Gasteiger partial charge on any atom is 0.265 e. The fourth-order valence-corrected chi connectivity index (χ4v) is 5.00. The fourth-order valence-electron chi connectivity index (χ4n) is 3.59. The lowest BCUT2D eigenvalue weighted by Gasteiger charge is -2.18. The number of H-pyrrole nitrogens is 1. The molecule has 2 heterocycles. The fraction of sp³-hybridized carbons (Fsp3) is 0.300. The predicted octanol–water partition coefficient (Wildman–Crippen LogP) is 3.68. The summed E-state index contributed by atoms with van der Waals surface area (Å²) in [5.41, 5.74) is 0.688. The second-order valence-electron chi connectivity index (χ2n) is 6.92. The molecule has 3 N–H and O–H groups in total.